The van der Waals surface area contributed by atoms with Crippen LogP contribution in [0, 0.1) is 6.92 Å². The lowest BCUT2D eigenvalue weighted by Crippen LogP contribution is -2.31. The molecule has 148 valence electrons. The van der Waals surface area contributed by atoms with Gasteiger partial charge in [-0.1, -0.05) is 35.9 Å². The number of hydrogen-bond donors (Lipinski definition) is 2. The van der Waals surface area contributed by atoms with Gasteiger partial charge >= 0.3 is 5.97 Å². The van der Waals surface area contributed by atoms with Gasteiger partial charge in [-0.25, -0.2) is 0 Å². The highest BCUT2D eigenvalue weighted by atomic mass is 16.5. The summed E-state index contributed by atoms with van der Waals surface area (Å²) in [5, 5.41) is 5.55. The predicted octanol–water partition coefficient (Wildman–Crippen LogP) is 3.77. The smallest absolute Gasteiger partial charge is 0.308 e. The Balaban J connectivity index is 2.21. The number of carbonyl (C=O) groups excluding carboxylic acids is 3. The van der Waals surface area contributed by atoms with Gasteiger partial charge in [-0.3, -0.25) is 14.4 Å². The van der Waals surface area contributed by atoms with E-state index in [4.69, 9.17) is 4.74 Å². The third kappa shape index (κ3) is 6.54. The van der Waals surface area contributed by atoms with Crippen molar-refractivity contribution in [1.82, 2.24) is 5.32 Å². The standard InChI is InChI=1S/C22H26N2O4/c1-14(2)28-21(26)13-20(17-10-8-15(3)9-11-17)24-22(27)18-6-5-7-19(12-18)23-16(4)25/h5-12,14,20H,13H2,1-4H3,(H,23,25)(H,24,27)/t20-/m0/s1. The molecule has 0 radical (unpaired) electrons. The molecule has 0 spiro atoms. The molecule has 0 aromatic heterocycles. The minimum absolute atomic E-state index is 0.0262. The first-order valence-electron chi connectivity index (χ1n) is 9.19. The van der Waals surface area contributed by atoms with E-state index in [2.05, 4.69) is 10.6 Å². The van der Waals surface area contributed by atoms with Crippen LogP contribution in [0.5, 0.6) is 0 Å². The lowest BCUT2D eigenvalue weighted by molar-refractivity contribution is -0.148. The molecular formula is C22H26N2O4. The van der Waals surface area contributed by atoms with E-state index >= 15 is 0 Å². The molecule has 2 rings (SSSR count). The predicted molar refractivity (Wildman–Crippen MR) is 108 cm³/mol. The fourth-order valence-electron chi connectivity index (χ4n) is 2.71. The number of anilines is 1. The van der Waals surface area contributed by atoms with E-state index in [1.165, 1.54) is 6.92 Å². The van der Waals surface area contributed by atoms with Crippen molar-refractivity contribution in [3.05, 3.63) is 65.2 Å². The fraction of sp³-hybridized carbons (Fsp3) is 0.318. The molecule has 0 bridgehead atoms. The number of ether oxygens (including phenoxy) is 1. The summed E-state index contributed by atoms with van der Waals surface area (Å²) in [6.45, 7) is 6.94. The van der Waals surface area contributed by atoms with E-state index in [0.29, 0.717) is 11.3 Å². The molecule has 2 aromatic carbocycles. The van der Waals surface area contributed by atoms with Gasteiger partial charge in [0.15, 0.2) is 0 Å². The maximum Gasteiger partial charge on any atom is 0.308 e. The Morgan fingerprint density at radius 2 is 1.71 bits per heavy atom. The van der Waals surface area contributed by atoms with Crippen molar-refractivity contribution in [3.8, 4) is 0 Å². The normalized spacial score (nSPS) is 11.6. The maximum atomic E-state index is 12.8. The highest BCUT2D eigenvalue weighted by molar-refractivity contribution is 5.97. The van der Waals surface area contributed by atoms with E-state index in [1.54, 1.807) is 38.1 Å². The summed E-state index contributed by atoms with van der Waals surface area (Å²) in [5.41, 5.74) is 2.83. The van der Waals surface area contributed by atoms with Gasteiger partial charge in [0, 0.05) is 18.2 Å². The van der Waals surface area contributed by atoms with E-state index in [-0.39, 0.29) is 30.3 Å². The lowest BCUT2D eigenvalue weighted by Gasteiger charge is -2.20. The number of hydrogen-bond acceptors (Lipinski definition) is 4. The number of esters is 1. The zero-order chi connectivity index (χ0) is 20.7. The van der Waals surface area contributed by atoms with Crippen LogP contribution in [-0.4, -0.2) is 23.9 Å². The Hall–Kier alpha value is -3.15. The van der Waals surface area contributed by atoms with E-state index in [0.717, 1.165) is 11.1 Å². The number of rotatable bonds is 7. The van der Waals surface area contributed by atoms with Gasteiger partial charge in [0.05, 0.1) is 18.6 Å². The highest BCUT2D eigenvalue weighted by Gasteiger charge is 2.21. The van der Waals surface area contributed by atoms with Crippen molar-refractivity contribution < 1.29 is 19.1 Å². The number of amides is 2. The van der Waals surface area contributed by atoms with E-state index < -0.39 is 6.04 Å². The summed E-state index contributed by atoms with van der Waals surface area (Å²) in [6, 6.07) is 13.7. The van der Waals surface area contributed by atoms with Crippen LogP contribution in [0.15, 0.2) is 48.5 Å². The minimum atomic E-state index is -0.524. The first-order valence-corrected chi connectivity index (χ1v) is 9.19. The Morgan fingerprint density at radius 3 is 2.32 bits per heavy atom. The molecule has 0 heterocycles. The van der Waals surface area contributed by atoms with Crippen molar-refractivity contribution in [2.45, 2.75) is 46.3 Å². The molecular weight excluding hydrogens is 356 g/mol. The summed E-state index contributed by atoms with van der Waals surface area (Å²) in [4.78, 5) is 36.2. The summed E-state index contributed by atoms with van der Waals surface area (Å²) >= 11 is 0. The summed E-state index contributed by atoms with van der Waals surface area (Å²) in [7, 11) is 0. The van der Waals surface area contributed by atoms with Crippen LogP contribution in [-0.2, 0) is 14.3 Å². The van der Waals surface area contributed by atoms with Gasteiger partial charge in [-0.05, 0) is 44.5 Å². The van der Waals surface area contributed by atoms with Gasteiger partial charge in [0.1, 0.15) is 0 Å². The Bertz CT molecular complexity index is 844. The molecule has 0 unspecified atom stereocenters. The molecule has 2 N–H and O–H groups in total. The van der Waals surface area contributed by atoms with Gasteiger partial charge in [0.2, 0.25) is 5.91 Å². The third-order valence-corrected chi connectivity index (χ3v) is 3.97. The molecule has 28 heavy (non-hydrogen) atoms. The number of benzene rings is 2. The first-order chi connectivity index (χ1) is 13.2. The van der Waals surface area contributed by atoms with Crippen LogP contribution in [0.2, 0.25) is 0 Å². The monoisotopic (exact) mass is 382 g/mol. The number of nitrogens with one attached hydrogen (secondary N) is 2. The zero-order valence-electron chi connectivity index (χ0n) is 16.6. The first kappa shape index (κ1) is 21.2. The maximum absolute atomic E-state index is 12.8. The van der Waals surface area contributed by atoms with E-state index in [1.807, 2.05) is 31.2 Å². The van der Waals surface area contributed by atoms with Crippen molar-refractivity contribution in [3.63, 3.8) is 0 Å². The SMILES string of the molecule is CC(=O)Nc1cccc(C(=O)N[C@@H](CC(=O)OC(C)C)c2ccc(C)cc2)c1. The molecule has 2 aromatic rings. The molecule has 1 atom stereocenters. The lowest BCUT2D eigenvalue weighted by atomic mass is 10.0. The molecule has 0 saturated carbocycles. The van der Waals surface area contributed by atoms with Crippen LogP contribution >= 0.6 is 0 Å². The summed E-state index contributed by atoms with van der Waals surface area (Å²) in [5.74, 6) is -0.936. The molecule has 6 heteroatoms. The third-order valence-electron chi connectivity index (χ3n) is 3.97. The molecule has 0 saturated heterocycles. The van der Waals surface area contributed by atoms with Gasteiger partial charge in [-0.15, -0.1) is 0 Å². The molecule has 6 nitrogen and oxygen atoms in total. The molecule has 0 aliphatic carbocycles. The van der Waals surface area contributed by atoms with Crippen LogP contribution < -0.4 is 10.6 Å². The van der Waals surface area contributed by atoms with Gasteiger partial charge in [0.25, 0.3) is 5.91 Å². The Kier molecular flexibility index (Phi) is 7.32. The minimum Gasteiger partial charge on any atom is -0.463 e. The summed E-state index contributed by atoms with van der Waals surface area (Å²) < 4.78 is 5.24. The van der Waals surface area contributed by atoms with Crippen LogP contribution in [0.1, 0.15) is 54.7 Å². The molecule has 0 aliphatic heterocycles. The van der Waals surface area contributed by atoms with Gasteiger partial charge in [-0.2, -0.15) is 0 Å². The van der Waals surface area contributed by atoms with Crippen LogP contribution in [0.4, 0.5) is 5.69 Å². The van der Waals surface area contributed by atoms with Crippen molar-refractivity contribution >= 4 is 23.5 Å². The fourth-order valence-corrected chi connectivity index (χ4v) is 2.71. The quantitative estimate of drug-likeness (QED) is 0.714. The van der Waals surface area contributed by atoms with Crippen molar-refractivity contribution in [2.75, 3.05) is 5.32 Å². The second-order valence-electron chi connectivity index (χ2n) is 6.94. The van der Waals surface area contributed by atoms with Gasteiger partial charge < -0.3 is 15.4 Å². The topological polar surface area (TPSA) is 84.5 Å². The average molecular weight is 382 g/mol. The highest BCUT2D eigenvalue weighted by Crippen LogP contribution is 2.20. The molecule has 0 aliphatic rings. The Morgan fingerprint density at radius 1 is 1.04 bits per heavy atom. The Labute approximate surface area is 165 Å². The van der Waals surface area contributed by atoms with E-state index in [9.17, 15) is 14.4 Å². The van der Waals surface area contributed by atoms with Crippen molar-refractivity contribution in [2.24, 2.45) is 0 Å². The van der Waals surface area contributed by atoms with Crippen LogP contribution in [0.25, 0.3) is 0 Å². The second kappa shape index (κ2) is 9.69. The average Bonchev–Trinajstić information content (AvgIpc) is 2.60. The summed E-state index contributed by atoms with van der Waals surface area (Å²) in [6.07, 6.45) is -0.200. The van der Waals surface area contributed by atoms with Crippen molar-refractivity contribution in [1.29, 1.82) is 0 Å². The second-order valence-corrected chi connectivity index (χ2v) is 6.94. The number of carbonyl (C=O) groups is 3. The van der Waals surface area contributed by atoms with Crippen LogP contribution in [0.3, 0.4) is 0 Å². The zero-order valence-corrected chi connectivity index (χ0v) is 16.6. The molecule has 0 fully saturated rings. The number of aryl methyl sites for hydroxylation is 1. The molecule has 2 amide bonds. The largest absolute Gasteiger partial charge is 0.463 e.